The van der Waals surface area contributed by atoms with E-state index in [0.29, 0.717) is 10.9 Å². The van der Waals surface area contributed by atoms with Gasteiger partial charge in [-0.25, -0.2) is 13.4 Å². The van der Waals surface area contributed by atoms with Crippen molar-refractivity contribution in [2.45, 2.75) is 24.3 Å². The number of rotatable bonds is 5. The van der Waals surface area contributed by atoms with Crippen molar-refractivity contribution in [3.63, 3.8) is 0 Å². The average Bonchev–Trinajstić information content (AvgIpc) is 3.05. The molecule has 3 rings (SSSR count). The molecule has 5 nitrogen and oxygen atoms in total. The number of benzene rings is 1. The molecule has 2 N–H and O–H groups in total. The molecule has 1 aromatic heterocycles. The Morgan fingerprint density at radius 2 is 2.04 bits per heavy atom. The SMILES string of the molecule is CS(=O)(=O)Cc1nc(CN2C[C@@H](N)[C@H](c3ccccc3)C2)cs1. The summed E-state index contributed by atoms with van der Waals surface area (Å²) in [5.74, 6) is 0.356. The van der Waals surface area contributed by atoms with Crippen molar-refractivity contribution in [2.75, 3.05) is 19.3 Å². The molecule has 0 saturated carbocycles. The highest BCUT2D eigenvalue weighted by Crippen LogP contribution is 2.27. The van der Waals surface area contributed by atoms with Crippen LogP contribution in [0, 0.1) is 0 Å². The highest BCUT2D eigenvalue weighted by molar-refractivity contribution is 7.90. The van der Waals surface area contributed by atoms with Crippen LogP contribution in [0.1, 0.15) is 22.2 Å². The Morgan fingerprint density at radius 1 is 1.30 bits per heavy atom. The number of nitrogens with two attached hydrogens (primary N) is 1. The minimum absolute atomic E-state index is 0.0177. The van der Waals surface area contributed by atoms with E-state index in [1.165, 1.54) is 23.2 Å². The van der Waals surface area contributed by atoms with Crippen LogP contribution in [0.3, 0.4) is 0 Å². The number of thiazole rings is 1. The molecule has 0 radical (unpaired) electrons. The van der Waals surface area contributed by atoms with Gasteiger partial charge in [-0.15, -0.1) is 11.3 Å². The second-order valence-electron chi connectivity index (χ2n) is 6.18. The molecule has 0 bridgehead atoms. The molecule has 124 valence electrons. The molecule has 1 fully saturated rings. The number of hydrogen-bond acceptors (Lipinski definition) is 6. The van der Waals surface area contributed by atoms with E-state index in [9.17, 15) is 8.42 Å². The molecule has 23 heavy (non-hydrogen) atoms. The van der Waals surface area contributed by atoms with E-state index < -0.39 is 9.84 Å². The van der Waals surface area contributed by atoms with Crippen LogP contribution in [0.2, 0.25) is 0 Å². The third-order valence-electron chi connectivity index (χ3n) is 4.04. The molecule has 2 aromatic rings. The molecular weight excluding hydrogens is 330 g/mol. The Morgan fingerprint density at radius 3 is 2.74 bits per heavy atom. The maximum Gasteiger partial charge on any atom is 0.153 e. The van der Waals surface area contributed by atoms with Crippen LogP contribution in [0.25, 0.3) is 0 Å². The van der Waals surface area contributed by atoms with Gasteiger partial charge in [-0.05, 0) is 5.56 Å². The fourth-order valence-electron chi connectivity index (χ4n) is 3.04. The maximum atomic E-state index is 11.3. The van der Waals surface area contributed by atoms with Crippen molar-refractivity contribution in [3.8, 4) is 0 Å². The zero-order chi connectivity index (χ0) is 16.4. The van der Waals surface area contributed by atoms with E-state index in [4.69, 9.17) is 5.73 Å². The van der Waals surface area contributed by atoms with Gasteiger partial charge >= 0.3 is 0 Å². The second-order valence-corrected chi connectivity index (χ2v) is 9.26. The summed E-state index contributed by atoms with van der Waals surface area (Å²) in [5, 5.41) is 2.60. The Balaban J connectivity index is 1.64. The zero-order valence-corrected chi connectivity index (χ0v) is 14.7. The van der Waals surface area contributed by atoms with Crippen LogP contribution in [0.4, 0.5) is 0 Å². The lowest BCUT2D eigenvalue weighted by molar-refractivity contribution is 0.320. The summed E-state index contributed by atoms with van der Waals surface area (Å²) in [6.45, 7) is 2.46. The molecule has 1 saturated heterocycles. The molecule has 2 atom stereocenters. The molecule has 0 unspecified atom stereocenters. The maximum absolute atomic E-state index is 11.3. The van der Waals surface area contributed by atoms with E-state index in [0.717, 1.165) is 25.3 Å². The van der Waals surface area contributed by atoms with Gasteiger partial charge in [0.25, 0.3) is 0 Å². The summed E-state index contributed by atoms with van der Waals surface area (Å²) in [7, 11) is -3.03. The number of sulfone groups is 1. The number of nitrogens with zero attached hydrogens (tertiary/aromatic N) is 2. The summed E-state index contributed by atoms with van der Waals surface area (Å²) >= 11 is 1.41. The Labute approximate surface area is 141 Å². The Bertz CT molecular complexity index is 759. The largest absolute Gasteiger partial charge is 0.326 e. The molecule has 2 heterocycles. The molecule has 7 heteroatoms. The van der Waals surface area contributed by atoms with Crippen LogP contribution >= 0.6 is 11.3 Å². The summed E-state index contributed by atoms with van der Waals surface area (Å²) in [6.07, 6.45) is 1.23. The first-order valence-electron chi connectivity index (χ1n) is 7.54. The Kier molecular flexibility index (Phi) is 4.82. The zero-order valence-electron chi connectivity index (χ0n) is 13.1. The van der Waals surface area contributed by atoms with Crippen molar-refractivity contribution >= 4 is 21.2 Å². The third-order valence-corrected chi connectivity index (χ3v) is 5.92. The molecule has 0 spiro atoms. The van der Waals surface area contributed by atoms with Crippen molar-refractivity contribution < 1.29 is 8.42 Å². The second kappa shape index (κ2) is 6.68. The molecule has 1 aromatic carbocycles. The van der Waals surface area contributed by atoms with Crippen molar-refractivity contribution in [1.29, 1.82) is 0 Å². The first kappa shape index (κ1) is 16.6. The van der Waals surface area contributed by atoms with Crippen LogP contribution in [-0.2, 0) is 22.1 Å². The molecule has 1 aliphatic heterocycles. The fraction of sp³-hybridized carbons (Fsp3) is 0.438. The van der Waals surface area contributed by atoms with Gasteiger partial charge in [-0.3, -0.25) is 4.90 Å². The predicted octanol–water partition coefficient (Wildman–Crippen LogP) is 1.61. The third kappa shape index (κ3) is 4.38. The van der Waals surface area contributed by atoms with Crippen LogP contribution < -0.4 is 5.73 Å². The monoisotopic (exact) mass is 351 g/mol. The van der Waals surface area contributed by atoms with Gasteiger partial charge in [0.1, 0.15) is 10.8 Å². The first-order valence-corrected chi connectivity index (χ1v) is 10.5. The number of aromatic nitrogens is 1. The normalized spacial score (nSPS) is 22.5. The standard InChI is InChI=1S/C16H21N3O2S2/c1-23(20,21)11-16-18-13(10-22-16)7-19-8-14(15(17)9-19)12-5-3-2-4-6-12/h2-6,10,14-15H,7-9,11,17H2,1H3/t14-,15+/m0/s1. The smallest absolute Gasteiger partial charge is 0.153 e. The summed E-state index contributed by atoms with van der Waals surface area (Å²) in [6, 6.07) is 10.5. The van der Waals surface area contributed by atoms with Crippen LogP contribution in [0.15, 0.2) is 35.7 Å². The van der Waals surface area contributed by atoms with Gasteiger partial charge in [0.2, 0.25) is 0 Å². The lowest BCUT2D eigenvalue weighted by Crippen LogP contribution is -2.28. The van der Waals surface area contributed by atoms with Crippen molar-refractivity contribution in [3.05, 3.63) is 52.0 Å². The van der Waals surface area contributed by atoms with E-state index in [-0.39, 0.29) is 11.8 Å². The number of likely N-dealkylation sites (tertiary alicyclic amines) is 1. The molecule has 1 aliphatic rings. The van der Waals surface area contributed by atoms with Gasteiger partial charge in [0.15, 0.2) is 9.84 Å². The fourth-order valence-corrected chi connectivity index (χ4v) is 5.03. The van der Waals surface area contributed by atoms with Crippen molar-refractivity contribution in [2.24, 2.45) is 5.73 Å². The van der Waals surface area contributed by atoms with Crippen LogP contribution in [0.5, 0.6) is 0 Å². The molecular formula is C16H21N3O2S2. The molecule has 0 aliphatic carbocycles. The number of hydrogen-bond donors (Lipinski definition) is 1. The van der Waals surface area contributed by atoms with Gasteiger partial charge in [-0.2, -0.15) is 0 Å². The molecule has 0 amide bonds. The van der Waals surface area contributed by atoms with Gasteiger partial charge in [-0.1, -0.05) is 30.3 Å². The summed E-state index contributed by atoms with van der Waals surface area (Å²) in [5.41, 5.74) is 8.51. The predicted molar refractivity (Wildman–Crippen MR) is 93.1 cm³/mol. The first-order chi connectivity index (χ1) is 10.9. The quantitative estimate of drug-likeness (QED) is 0.886. The summed E-state index contributed by atoms with van der Waals surface area (Å²) in [4.78, 5) is 6.73. The van der Waals surface area contributed by atoms with Gasteiger partial charge in [0.05, 0.1) is 5.69 Å². The van der Waals surface area contributed by atoms with Crippen LogP contribution in [-0.4, -0.2) is 43.7 Å². The van der Waals surface area contributed by atoms with Crippen molar-refractivity contribution in [1.82, 2.24) is 9.88 Å². The minimum Gasteiger partial charge on any atom is -0.326 e. The van der Waals surface area contributed by atoms with E-state index >= 15 is 0 Å². The lowest BCUT2D eigenvalue weighted by Gasteiger charge is -2.15. The van der Waals surface area contributed by atoms with Gasteiger partial charge < -0.3 is 5.73 Å². The Hall–Kier alpha value is -1.28. The lowest BCUT2D eigenvalue weighted by atomic mass is 9.95. The average molecular weight is 351 g/mol. The summed E-state index contributed by atoms with van der Waals surface area (Å²) < 4.78 is 22.7. The topological polar surface area (TPSA) is 76.3 Å². The van der Waals surface area contributed by atoms with Gasteiger partial charge in [0, 0.05) is 43.2 Å². The highest BCUT2D eigenvalue weighted by Gasteiger charge is 2.31. The highest BCUT2D eigenvalue weighted by atomic mass is 32.2. The van der Waals surface area contributed by atoms with E-state index in [1.807, 2.05) is 23.6 Å². The van der Waals surface area contributed by atoms with E-state index in [1.54, 1.807) is 0 Å². The minimum atomic E-state index is -3.03. The van der Waals surface area contributed by atoms with E-state index in [2.05, 4.69) is 22.0 Å².